The highest BCUT2D eigenvalue weighted by atomic mass is 16.3. The van der Waals surface area contributed by atoms with Crippen LogP contribution < -0.4 is 5.56 Å². The molecule has 1 amide bonds. The molecule has 22 heavy (non-hydrogen) atoms. The van der Waals surface area contributed by atoms with Crippen LogP contribution in [0.15, 0.2) is 53.5 Å². The van der Waals surface area contributed by atoms with E-state index in [4.69, 9.17) is 5.11 Å². The molecule has 0 unspecified atom stereocenters. The standard InChI is InChI=1S/C17H20N2O3/c1-18-9-8-15(13-16(18)21)17(22)19(11-12-20)10-7-14-5-3-2-4-6-14/h2-6,8-9,13,20H,7,10-12H2,1H3. The molecular weight excluding hydrogens is 280 g/mol. The van der Waals surface area contributed by atoms with Gasteiger partial charge in [0.15, 0.2) is 0 Å². The summed E-state index contributed by atoms with van der Waals surface area (Å²) < 4.78 is 1.41. The van der Waals surface area contributed by atoms with Gasteiger partial charge in [-0.25, -0.2) is 0 Å². The minimum absolute atomic E-state index is 0.106. The molecule has 0 aliphatic heterocycles. The number of aliphatic hydroxyl groups excluding tert-OH is 1. The molecule has 0 aliphatic carbocycles. The van der Waals surface area contributed by atoms with Crippen LogP contribution in [-0.4, -0.2) is 40.2 Å². The molecular formula is C17H20N2O3. The molecule has 1 aromatic carbocycles. The average Bonchev–Trinajstić information content (AvgIpc) is 2.54. The maximum absolute atomic E-state index is 12.5. The summed E-state index contributed by atoms with van der Waals surface area (Å²) in [5.74, 6) is -0.234. The van der Waals surface area contributed by atoms with Crippen molar-refractivity contribution in [2.24, 2.45) is 7.05 Å². The predicted octanol–water partition coefficient (Wildman–Crippen LogP) is 1.06. The molecule has 2 aromatic rings. The minimum atomic E-state index is -0.234. The number of rotatable bonds is 6. The van der Waals surface area contributed by atoms with Gasteiger partial charge < -0.3 is 14.6 Å². The number of carbonyl (C=O) groups excluding carboxylic acids is 1. The number of nitrogens with zero attached hydrogens (tertiary/aromatic N) is 2. The van der Waals surface area contributed by atoms with Crippen LogP contribution in [0.1, 0.15) is 15.9 Å². The Labute approximate surface area is 129 Å². The lowest BCUT2D eigenvalue weighted by atomic mass is 10.1. The Balaban J connectivity index is 2.10. The van der Waals surface area contributed by atoms with Gasteiger partial charge in [-0.2, -0.15) is 0 Å². The van der Waals surface area contributed by atoms with Gasteiger partial charge in [-0.15, -0.1) is 0 Å². The van der Waals surface area contributed by atoms with Crippen LogP contribution in [0.3, 0.4) is 0 Å². The van der Waals surface area contributed by atoms with E-state index in [0.717, 1.165) is 5.56 Å². The van der Waals surface area contributed by atoms with Crippen molar-refractivity contribution in [3.63, 3.8) is 0 Å². The smallest absolute Gasteiger partial charge is 0.254 e. The number of amides is 1. The third kappa shape index (κ3) is 4.05. The predicted molar refractivity (Wildman–Crippen MR) is 84.8 cm³/mol. The van der Waals surface area contributed by atoms with E-state index in [-0.39, 0.29) is 24.6 Å². The Bertz CT molecular complexity index is 680. The van der Waals surface area contributed by atoms with Crippen molar-refractivity contribution in [3.8, 4) is 0 Å². The number of aliphatic hydroxyl groups is 1. The van der Waals surface area contributed by atoms with E-state index in [9.17, 15) is 9.59 Å². The molecule has 1 N–H and O–H groups in total. The average molecular weight is 300 g/mol. The molecule has 116 valence electrons. The van der Waals surface area contributed by atoms with Gasteiger partial charge in [-0.1, -0.05) is 30.3 Å². The first-order chi connectivity index (χ1) is 10.6. The zero-order valence-corrected chi connectivity index (χ0v) is 12.6. The van der Waals surface area contributed by atoms with Gasteiger partial charge in [0.05, 0.1) is 6.61 Å². The number of aromatic nitrogens is 1. The maximum Gasteiger partial charge on any atom is 0.254 e. The van der Waals surface area contributed by atoms with E-state index in [0.29, 0.717) is 18.5 Å². The van der Waals surface area contributed by atoms with Crippen molar-refractivity contribution in [2.45, 2.75) is 6.42 Å². The quantitative estimate of drug-likeness (QED) is 0.868. The van der Waals surface area contributed by atoms with Gasteiger partial charge in [-0.05, 0) is 18.1 Å². The molecule has 0 saturated heterocycles. The van der Waals surface area contributed by atoms with E-state index < -0.39 is 0 Å². The molecule has 2 rings (SSSR count). The van der Waals surface area contributed by atoms with Crippen LogP contribution in [-0.2, 0) is 13.5 Å². The van der Waals surface area contributed by atoms with Crippen LogP contribution in [0.4, 0.5) is 0 Å². The van der Waals surface area contributed by atoms with Crippen molar-refractivity contribution in [3.05, 3.63) is 70.1 Å². The van der Waals surface area contributed by atoms with Gasteiger partial charge in [0, 0.05) is 38.0 Å². The molecule has 0 spiro atoms. The zero-order valence-electron chi connectivity index (χ0n) is 12.6. The number of hydrogen-bond acceptors (Lipinski definition) is 3. The Hall–Kier alpha value is -2.40. The molecule has 5 nitrogen and oxygen atoms in total. The second-order valence-corrected chi connectivity index (χ2v) is 5.12. The van der Waals surface area contributed by atoms with Crippen molar-refractivity contribution in [2.75, 3.05) is 19.7 Å². The number of aryl methyl sites for hydroxylation is 1. The van der Waals surface area contributed by atoms with E-state index in [2.05, 4.69) is 0 Å². The summed E-state index contributed by atoms with van der Waals surface area (Å²) in [6.45, 7) is 0.644. The zero-order chi connectivity index (χ0) is 15.9. The molecule has 0 fully saturated rings. The van der Waals surface area contributed by atoms with Gasteiger partial charge in [-0.3, -0.25) is 9.59 Å². The van der Waals surface area contributed by atoms with E-state index in [1.54, 1.807) is 24.2 Å². The summed E-state index contributed by atoms with van der Waals surface area (Å²) in [5.41, 5.74) is 1.25. The molecule has 1 heterocycles. The summed E-state index contributed by atoms with van der Waals surface area (Å²) in [6.07, 6.45) is 2.28. The summed E-state index contributed by atoms with van der Waals surface area (Å²) >= 11 is 0. The Morgan fingerprint density at radius 3 is 2.55 bits per heavy atom. The highest BCUT2D eigenvalue weighted by Gasteiger charge is 2.15. The van der Waals surface area contributed by atoms with Gasteiger partial charge in [0.1, 0.15) is 0 Å². The summed E-state index contributed by atoms with van der Waals surface area (Å²) in [6, 6.07) is 12.8. The van der Waals surface area contributed by atoms with E-state index >= 15 is 0 Å². The van der Waals surface area contributed by atoms with Crippen molar-refractivity contribution in [1.29, 1.82) is 0 Å². The molecule has 0 saturated carbocycles. The monoisotopic (exact) mass is 300 g/mol. The van der Waals surface area contributed by atoms with Crippen LogP contribution in [0.25, 0.3) is 0 Å². The molecule has 0 atom stereocenters. The minimum Gasteiger partial charge on any atom is -0.395 e. The molecule has 0 aliphatic rings. The first-order valence-corrected chi connectivity index (χ1v) is 7.22. The van der Waals surface area contributed by atoms with Crippen molar-refractivity contribution < 1.29 is 9.90 Å². The first-order valence-electron chi connectivity index (χ1n) is 7.22. The molecule has 0 radical (unpaired) electrons. The number of hydrogen-bond donors (Lipinski definition) is 1. The maximum atomic E-state index is 12.5. The molecule has 5 heteroatoms. The van der Waals surface area contributed by atoms with Gasteiger partial charge in [0.25, 0.3) is 11.5 Å². The highest BCUT2D eigenvalue weighted by molar-refractivity contribution is 5.94. The fraction of sp³-hybridized carbons (Fsp3) is 0.294. The Morgan fingerprint density at radius 1 is 1.18 bits per heavy atom. The summed E-state index contributed by atoms with van der Waals surface area (Å²) in [5, 5.41) is 9.17. The lowest BCUT2D eigenvalue weighted by molar-refractivity contribution is 0.0723. The van der Waals surface area contributed by atoms with Gasteiger partial charge in [0.2, 0.25) is 0 Å². The molecule has 0 bridgehead atoms. The highest BCUT2D eigenvalue weighted by Crippen LogP contribution is 2.06. The Kier molecular flexibility index (Phi) is 5.49. The van der Waals surface area contributed by atoms with Gasteiger partial charge >= 0.3 is 0 Å². The third-order valence-electron chi connectivity index (χ3n) is 3.52. The summed E-state index contributed by atoms with van der Waals surface area (Å²) in [4.78, 5) is 25.7. The first kappa shape index (κ1) is 16.0. The normalized spacial score (nSPS) is 10.5. The Morgan fingerprint density at radius 2 is 1.91 bits per heavy atom. The van der Waals surface area contributed by atoms with E-state index in [1.165, 1.54) is 10.6 Å². The topological polar surface area (TPSA) is 62.5 Å². The fourth-order valence-electron chi connectivity index (χ4n) is 2.21. The van der Waals surface area contributed by atoms with Crippen molar-refractivity contribution >= 4 is 5.91 Å². The van der Waals surface area contributed by atoms with Crippen LogP contribution in [0.2, 0.25) is 0 Å². The lowest BCUT2D eigenvalue weighted by Crippen LogP contribution is -2.36. The number of carbonyl (C=O) groups is 1. The van der Waals surface area contributed by atoms with Crippen LogP contribution in [0.5, 0.6) is 0 Å². The SMILES string of the molecule is Cn1ccc(C(=O)N(CCO)CCc2ccccc2)cc1=O. The second-order valence-electron chi connectivity index (χ2n) is 5.12. The number of benzene rings is 1. The second kappa shape index (κ2) is 7.56. The largest absolute Gasteiger partial charge is 0.395 e. The summed E-state index contributed by atoms with van der Waals surface area (Å²) in [7, 11) is 1.64. The van der Waals surface area contributed by atoms with E-state index in [1.807, 2.05) is 30.3 Å². The number of pyridine rings is 1. The van der Waals surface area contributed by atoms with Crippen LogP contribution in [0, 0.1) is 0 Å². The molecule has 1 aromatic heterocycles. The third-order valence-corrected chi connectivity index (χ3v) is 3.52. The van der Waals surface area contributed by atoms with Crippen molar-refractivity contribution in [1.82, 2.24) is 9.47 Å². The fourth-order valence-corrected chi connectivity index (χ4v) is 2.21. The van der Waals surface area contributed by atoms with Crippen LogP contribution >= 0.6 is 0 Å². The lowest BCUT2D eigenvalue weighted by Gasteiger charge is -2.22.